The predicted octanol–water partition coefficient (Wildman–Crippen LogP) is -3.50. The van der Waals surface area contributed by atoms with Gasteiger partial charge in [-0.1, -0.05) is 97.1 Å². The van der Waals surface area contributed by atoms with Gasteiger partial charge in [-0.25, -0.2) is 18.6 Å². The van der Waals surface area contributed by atoms with Crippen LogP contribution in [0.4, 0.5) is 13.2 Å². The van der Waals surface area contributed by atoms with E-state index in [1.807, 2.05) is 0 Å². The quantitative estimate of drug-likeness (QED) is 0.0545. The standard InChI is InChI=1S/2C16H16N2O2.C6H3F3O2Se.ClHO4.2Mn/c2*19-15-7-3-1-5-13(15)11-17-9-10-18-12-14-6-2-4-8-16(14)20;7-4-1-3(12(10)11)2-5(8)6(4)9;2-1(3,4)5;;/h2*1-8,11-12,19-20H,9-10H2;1-2H,(H,10,11);(H,2,3,4,5);;/q;;;;2*+3/p-6. The van der Waals surface area contributed by atoms with E-state index in [4.69, 9.17) is 18.6 Å². The average molecular weight is 984 g/mol. The van der Waals surface area contributed by atoms with Crippen molar-refractivity contribution in [3.63, 3.8) is 0 Å². The molecule has 5 aromatic carbocycles. The van der Waals surface area contributed by atoms with E-state index in [1.54, 1.807) is 97.7 Å². The molecule has 14 nitrogen and oxygen atoms in total. The molecule has 0 spiro atoms. The van der Waals surface area contributed by atoms with E-state index in [2.05, 4.69) is 20.0 Å². The van der Waals surface area contributed by atoms with Crippen molar-refractivity contribution in [3.05, 3.63) is 149 Å². The third-order valence-corrected chi connectivity index (χ3v) is 7.77. The summed E-state index contributed by atoms with van der Waals surface area (Å²) in [7, 11) is -4.94. The van der Waals surface area contributed by atoms with E-state index < -0.39 is 46.7 Å². The van der Waals surface area contributed by atoms with Gasteiger partial charge in [-0.05, 0) is 22.3 Å². The van der Waals surface area contributed by atoms with E-state index in [1.165, 1.54) is 24.3 Å². The molecule has 0 fully saturated rings. The molecule has 0 atom stereocenters. The minimum atomic E-state index is -4.94. The Morgan fingerprint density at radius 3 is 0.881 bits per heavy atom. The molecule has 59 heavy (non-hydrogen) atoms. The van der Waals surface area contributed by atoms with Crippen molar-refractivity contribution in [1.29, 1.82) is 0 Å². The Hall–Kier alpha value is -4.62. The van der Waals surface area contributed by atoms with Crippen molar-refractivity contribution in [2.24, 2.45) is 20.0 Å². The number of para-hydroxylation sites is 4. The molecule has 0 aliphatic carbocycles. The van der Waals surface area contributed by atoms with Crippen LogP contribution in [-0.2, 0) is 34.1 Å². The molecular weight excluding hydrogens is 954 g/mol. The van der Waals surface area contributed by atoms with Gasteiger partial charge in [0.2, 0.25) is 0 Å². The zero-order chi connectivity index (χ0) is 42.2. The second-order valence-electron chi connectivity index (χ2n) is 10.6. The summed E-state index contributed by atoms with van der Waals surface area (Å²) in [6, 6.07) is 27.8. The van der Waals surface area contributed by atoms with Crippen molar-refractivity contribution in [3.8, 4) is 23.0 Å². The smallest absolute Gasteiger partial charge is 0.0585 e. The van der Waals surface area contributed by atoms with Gasteiger partial charge in [-0.3, -0.25) is 20.0 Å². The van der Waals surface area contributed by atoms with Gasteiger partial charge >= 0.3 is 104 Å². The molecule has 0 N–H and O–H groups in total. The summed E-state index contributed by atoms with van der Waals surface area (Å²) in [4.78, 5) is 16.6. The number of aliphatic imine (C=N–C) groups is 4. The Morgan fingerprint density at radius 2 is 0.678 bits per heavy atom. The fourth-order valence-electron chi connectivity index (χ4n) is 3.86. The summed E-state index contributed by atoms with van der Waals surface area (Å²) < 4.78 is 90.9. The zero-order valence-electron chi connectivity index (χ0n) is 30.1. The van der Waals surface area contributed by atoms with Crippen molar-refractivity contribution in [1.82, 2.24) is 0 Å². The van der Waals surface area contributed by atoms with E-state index in [9.17, 15) is 42.0 Å². The predicted molar refractivity (Wildman–Crippen MR) is 185 cm³/mol. The topological polar surface area (TPSA) is 280 Å². The fraction of sp³-hybridized carbons (Fsp3) is 0.105. The van der Waals surface area contributed by atoms with Crippen LogP contribution in [0.1, 0.15) is 22.3 Å². The summed E-state index contributed by atoms with van der Waals surface area (Å²) in [5, 5.41) is 45.6. The van der Waals surface area contributed by atoms with Gasteiger partial charge in [0, 0.05) is 24.9 Å². The van der Waals surface area contributed by atoms with E-state index >= 15 is 0 Å². The van der Waals surface area contributed by atoms with Crippen molar-refractivity contribution in [2.45, 2.75) is 0 Å². The van der Waals surface area contributed by atoms with Gasteiger partial charge < -0.3 is 20.4 Å². The first-order valence-corrected chi connectivity index (χ1v) is 19.4. The minimum absolute atomic E-state index is 0. The molecule has 0 amide bonds. The molecule has 0 aliphatic rings. The molecule has 310 valence electrons. The number of halogens is 4. The van der Waals surface area contributed by atoms with Crippen molar-refractivity contribution >= 4 is 43.9 Å². The Labute approximate surface area is 365 Å². The number of hydrogen-bond donors (Lipinski definition) is 0. The average Bonchev–Trinajstić information content (AvgIpc) is 3.16. The summed E-state index contributed by atoms with van der Waals surface area (Å²) in [6.07, 6.45) is 6.22. The Bertz CT molecular complexity index is 1870. The van der Waals surface area contributed by atoms with Gasteiger partial charge in [-0.2, -0.15) is 0 Å². The molecule has 0 radical (unpaired) electrons. The maximum Gasteiger partial charge on any atom is 0.0585 e. The molecule has 5 aromatic rings. The van der Waals surface area contributed by atoms with Gasteiger partial charge in [0.15, 0.2) is 0 Å². The Balaban J connectivity index is 0.000000816. The SMILES string of the molecule is [Mn+3].[Mn+3].[O-][Cl+3]([O-])([O-])[O-].[O-][Se+]([O-])c1cc(F)c(F)c(F)c1.[O-]c1ccccc1C=NCCN=Cc1ccccc1[O-].[O-]c1ccccc1C=NCCN=Cc1ccccc1[O-]. The molecule has 21 heteroatoms. The summed E-state index contributed by atoms with van der Waals surface area (Å²) in [6.45, 7) is 1.91. The number of benzene rings is 5. The summed E-state index contributed by atoms with van der Waals surface area (Å²) in [5.41, 5.74) is 2.28. The zero-order valence-corrected chi connectivity index (χ0v) is 34.9. The second-order valence-corrected chi connectivity index (χ2v) is 13.3. The van der Waals surface area contributed by atoms with Gasteiger partial charge in [0.25, 0.3) is 0 Å². The molecule has 0 aromatic heterocycles. The van der Waals surface area contributed by atoms with Gasteiger partial charge in [0.05, 0.1) is 26.2 Å². The largest absolute Gasteiger partial charge is 0.872 e. The second kappa shape index (κ2) is 29.6. The first-order valence-electron chi connectivity index (χ1n) is 16.0. The molecule has 0 aliphatic heterocycles. The molecule has 0 saturated carbocycles. The molecule has 0 heterocycles. The number of nitrogens with zero attached hydrogens (tertiary/aromatic N) is 4. The Morgan fingerprint density at radius 1 is 0.458 bits per heavy atom. The molecule has 0 saturated heterocycles. The molecule has 0 unspecified atom stereocenters. The monoisotopic (exact) mass is 984 g/mol. The van der Waals surface area contributed by atoms with Crippen molar-refractivity contribution < 1.29 is 105 Å². The van der Waals surface area contributed by atoms with Gasteiger partial charge in [-0.15, -0.1) is 33.2 Å². The van der Waals surface area contributed by atoms with E-state index in [-0.39, 0.29) is 57.1 Å². The van der Waals surface area contributed by atoms with E-state index in [0.717, 1.165) is 0 Å². The molecule has 0 bridgehead atoms. The number of rotatable bonds is 11. The normalized spacial score (nSPS) is 10.9. The van der Waals surface area contributed by atoms with Crippen LogP contribution in [0.3, 0.4) is 0 Å². The molecule has 5 rings (SSSR count). The van der Waals surface area contributed by atoms with Gasteiger partial charge in [0.1, 0.15) is 0 Å². The van der Waals surface area contributed by atoms with Crippen LogP contribution < -0.4 is 51.9 Å². The minimum Gasteiger partial charge on any atom is -0.872 e. The maximum absolute atomic E-state index is 12.3. The number of hydrogen-bond acceptors (Lipinski definition) is 14. The van der Waals surface area contributed by atoms with Crippen LogP contribution in [0.15, 0.2) is 129 Å². The Kier molecular flexibility index (Phi) is 27.2. The van der Waals surface area contributed by atoms with Crippen LogP contribution in [-0.4, -0.2) is 65.6 Å². The molecular formula is C38H30ClF3Mn2N4O10Se. The van der Waals surface area contributed by atoms with Crippen LogP contribution >= 0.6 is 0 Å². The van der Waals surface area contributed by atoms with Crippen LogP contribution in [0.5, 0.6) is 23.0 Å². The van der Waals surface area contributed by atoms with Crippen LogP contribution in [0, 0.1) is 27.7 Å². The third kappa shape index (κ3) is 23.5. The first-order chi connectivity index (χ1) is 27.1. The van der Waals surface area contributed by atoms with Crippen LogP contribution in [0.2, 0.25) is 0 Å². The third-order valence-electron chi connectivity index (χ3n) is 6.46. The van der Waals surface area contributed by atoms with E-state index in [0.29, 0.717) is 60.6 Å². The van der Waals surface area contributed by atoms with Crippen LogP contribution in [0.25, 0.3) is 0 Å². The maximum atomic E-state index is 12.3. The summed E-state index contributed by atoms with van der Waals surface area (Å²) in [5.74, 6) is -4.82. The van der Waals surface area contributed by atoms with Crippen molar-refractivity contribution in [2.75, 3.05) is 26.2 Å². The first kappa shape index (κ1) is 54.4. The summed E-state index contributed by atoms with van der Waals surface area (Å²) >= 11 is -3.63. The fourth-order valence-corrected chi connectivity index (χ4v) is 4.70.